The molecular formula is C11H9F5O3. The van der Waals surface area contributed by atoms with Crippen LogP contribution >= 0.6 is 0 Å². The monoisotopic (exact) mass is 284 g/mol. The lowest BCUT2D eigenvalue weighted by atomic mass is 10.1. The van der Waals surface area contributed by atoms with Gasteiger partial charge < -0.3 is 14.3 Å². The van der Waals surface area contributed by atoms with E-state index < -0.39 is 24.5 Å². The van der Waals surface area contributed by atoms with E-state index in [9.17, 15) is 26.7 Å². The summed E-state index contributed by atoms with van der Waals surface area (Å²) in [7, 11) is 0. The Kier molecular flexibility index (Phi) is 5.08. The van der Waals surface area contributed by atoms with Crippen molar-refractivity contribution in [2.24, 2.45) is 0 Å². The molecule has 0 unspecified atom stereocenters. The molecule has 0 spiro atoms. The Morgan fingerprint density at radius 3 is 2.47 bits per heavy atom. The van der Waals surface area contributed by atoms with Crippen molar-refractivity contribution in [3.05, 3.63) is 23.8 Å². The van der Waals surface area contributed by atoms with Gasteiger partial charge in [0.15, 0.2) is 11.5 Å². The van der Waals surface area contributed by atoms with Gasteiger partial charge in [-0.2, -0.15) is 8.78 Å². The number of ether oxygens (including phenoxy) is 2. The van der Waals surface area contributed by atoms with Gasteiger partial charge in [0.25, 0.3) is 0 Å². The van der Waals surface area contributed by atoms with E-state index in [1.807, 2.05) is 0 Å². The fourth-order valence-electron chi connectivity index (χ4n) is 1.40. The Morgan fingerprint density at radius 1 is 1.26 bits per heavy atom. The average Bonchev–Trinajstić information content (AvgIpc) is 2.27. The van der Waals surface area contributed by atoms with E-state index in [0.29, 0.717) is 6.29 Å². The predicted octanol–water partition coefficient (Wildman–Crippen LogP) is 3.32. The number of benzene rings is 1. The number of hydrogen-bond acceptors (Lipinski definition) is 3. The summed E-state index contributed by atoms with van der Waals surface area (Å²) in [5.74, 6) is -1.58. The smallest absolute Gasteiger partial charge is 0.431 e. The van der Waals surface area contributed by atoms with Crippen molar-refractivity contribution in [2.45, 2.75) is 25.8 Å². The van der Waals surface area contributed by atoms with Gasteiger partial charge in [0, 0.05) is 6.42 Å². The lowest BCUT2D eigenvalue weighted by Crippen LogP contribution is -2.18. The van der Waals surface area contributed by atoms with Crippen molar-refractivity contribution in [3.63, 3.8) is 0 Å². The van der Waals surface area contributed by atoms with Crippen LogP contribution in [-0.4, -0.2) is 19.3 Å². The zero-order valence-corrected chi connectivity index (χ0v) is 9.42. The predicted molar refractivity (Wildman–Crippen MR) is 54.1 cm³/mol. The van der Waals surface area contributed by atoms with E-state index in [1.54, 1.807) is 0 Å². The maximum atomic E-state index is 12.2. The Hall–Kier alpha value is -1.86. The Balaban J connectivity index is 3.09. The number of rotatable bonds is 6. The number of halogens is 5. The molecule has 0 aromatic heterocycles. The van der Waals surface area contributed by atoms with Gasteiger partial charge in [-0.05, 0) is 18.1 Å². The average molecular weight is 284 g/mol. The molecule has 0 amide bonds. The summed E-state index contributed by atoms with van der Waals surface area (Å²) in [6.45, 7) is -3.30. The molecule has 0 heterocycles. The molecule has 0 fully saturated rings. The number of carbonyl (C=O) groups excluding carboxylic acids is 1. The minimum Gasteiger partial charge on any atom is -0.431 e. The number of para-hydroxylation sites is 1. The SMILES string of the molecule is O=CCCc1cccc(OC(F)(F)F)c1OC(F)F. The number of alkyl halides is 5. The number of aryl methyl sites for hydroxylation is 1. The molecule has 0 aliphatic rings. The summed E-state index contributed by atoms with van der Waals surface area (Å²) in [5.41, 5.74) is 0.0363. The molecule has 0 N–H and O–H groups in total. The van der Waals surface area contributed by atoms with Crippen molar-refractivity contribution >= 4 is 6.29 Å². The maximum absolute atomic E-state index is 12.2. The highest BCUT2D eigenvalue weighted by molar-refractivity contribution is 5.53. The number of hydrogen-bond donors (Lipinski definition) is 0. The highest BCUT2D eigenvalue weighted by Gasteiger charge is 2.33. The molecule has 1 rings (SSSR count). The third-order valence-corrected chi connectivity index (χ3v) is 2.02. The van der Waals surface area contributed by atoms with Gasteiger partial charge in [-0.1, -0.05) is 12.1 Å². The van der Waals surface area contributed by atoms with Crippen LogP contribution < -0.4 is 9.47 Å². The van der Waals surface area contributed by atoms with E-state index in [1.165, 1.54) is 12.1 Å². The van der Waals surface area contributed by atoms with Crippen LogP contribution in [0.25, 0.3) is 0 Å². The molecular weight excluding hydrogens is 275 g/mol. The minimum absolute atomic E-state index is 0.0272. The van der Waals surface area contributed by atoms with Crippen molar-refractivity contribution in [1.29, 1.82) is 0 Å². The molecule has 0 atom stereocenters. The molecule has 0 saturated heterocycles. The second-order valence-corrected chi connectivity index (χ2v) is 3.38. The zero-order chi connectivity index (χ0) is 14.5. The first kappa shape index (κ1) is 15.2. The van der Waals surface area contributed by atoms with Gasteiger partial charge >= 0.3 is 13.0 Å². The third kappa shape index (κ3) is 5.11. The lowest BCUT2D eigenvalue weighted by molar-refractivity contribution is -0.275. The minimum atomic E-state index is -5.02. The van der Waals surface area contributed by atoms with E-state index in [0.717, 1.165) is 6.07 Å². The molecule has 0 aliphatic heterocycles. The summed E-state index contributed by atoms with van der Waals surface area (Å²) in [4.78, 5) is 10.2. The summed E-state index contributed by atoms with van der Waals surface area (Å²) < 4.78 is 68.4. The van der Waals surface area contributed by atoms with E-state index >= 15 is 0 Å². The summed E-state index contributed by atoms with van der Waals surface area (Å²) >= 11 is 0. The van der Waals surface area contributed by atoms with Crippen LogP contribution in [0.3, 0.4) is 0 Å². The van der Waals surface area contributed by atoms with Crippen LogP contribution in [-0.2, 0) is 11.2 Å². The first-order valence-electron chi connectivity index (χ1n) is 5.09. The molecule has 0 radical (unpaired) electrons. The first-order valence-corrected chi connectivity index (χ1v) is 5.09. The molecule has 1 aromatic rings. The molecule has 0 saturated carbocycles. The molecule has 106 valence electrons. The highest BCUT2D eigenvalue weighted by atomic mass is 19.4. The second kappa shape index (κ2) is 6.35. The molecule has 19 heavy (non-hydrogen) atoms. The topological polar surface area (TPSA) is 35.5 Å². The van der Waals surface area contributed by atoms with E-state index in [2.05, 4.69) is 9.47 Å². The second-order valence-electron chi connectivity index (χ2n) is 3.38. The summed E-state index contributed by atoms with van der Waals surface area (Å²) in [5, 5.41) is 0. The van der Waals surface area contributed by atoms with E-state index in [4.69, 9.17) is 0 Å². The molecule has 3 nitrogen and oxygen atoms in total. The van der Waals surface area contributed by atoms with Gasteiger partial charge in [-0.15, -0.1) is 13.2 Å². The summed E-state index contributed by atoms with van der Waals surface area (Å²) in [6.07, 6.45) is -4.57. The molecule has 0 bridgehead atoms. The van der Waals surface area contributed by atoms with Crippen molar-refractivity contribution in [2.75, 3.05) is 0 Å². The largest absolute Gasteiger partial charge is 0.573 e. The first-order chi connectivity index (χ1) is 8.83. The van der Waals surface area contributed by atoms with Gasteiger partial charge in [-0.25, -0.2) is 0 Å². The Bertz CT molecular complexity index is 431. The summed E-state index contributed by atoms with van der Waals surface area (Å²) in [6, 6.07) is 3.33. The Labute approximate surface area is 104 Å². The van der Waals surface area contributed by atoms with Crippen LogP contribution in [0.5, 0.6) is 11.5 Å². The van der Waals surface area contributed by atoms with Gasteiger partial charge in [0.05, 0.1) is 0 Å². The third-order valence-electron chi connectivity index (χ3n) is 2.02. The zero-order valence-electron chi connectivity index (χ0n) is 9.42. The molecule has 0 aliphatic carbocycles. The number of aldehydes is 1. The lowest BCUT2D eigenvalue weighted by Gasteiger charge is -2.16. The number of carbonyl (C=O) groups is 1. The van der Waals surface area contributed by atoms with Crippen LogP contribution in [0.15, 0.2) is 18.2 Å². The van der Waals surface area contributed by atoms with Crippen LogP contribution in [0.2, 0.25) is 0 Å². The molecule has 8 heteroatoms. The van der Waals surface area contributed by atoms with Crippen LogP contribution in [0.1, 0.15) is 12.0 Å². The fraction of sp³-hybridized carbons (Fsp3) is 0.364. The Morgan fingerprint density at radius 2 is 1.95 bits per heavy atom. The van der Waals surface area contributed by atoms with Crippen LogP contribution in [0, 0.1) is 0 Å². The normalized spacial score (nSPS) is 11.5. The van der Waals surface area contributed by atoms with E-state index in [-0.39, 0.29) is 18.4 Å². The van der Waals surface area contributed by atoms with Crippen molar-refractivity contribution < 1.29 is 36.2 Å². The molecule has 1 aromatic carbocycles. The maximum Gasteiger partial charge on any atom is 0.573 e. The standard InChI is InChI=1S/C11H9F5O3/c12-10(13)18-9-7(4-2-6-17)3-1-5-8(9)19-11(14,15)16/h1,3,5-6,10H,2,4H2. The van der Waals surface area contributed by atoms with Gasteiger partial charge in [-0.3, -0.25) is 0 Å². The quantitative estimate of drug-likeness (QED) is 0.594. The highest BCUT2D eigenvalue weighted by Crippen LogP contribution is 2.36. The van der Waals surface area contributed by atoms with Crippen molar-refractivity contribution in [1.82, 2.24) is 0 Å². The fourth-order valence-corrected chi connectivity index (χ4v) is 1.40. The van der Waals surface area contributed by atoms with Gasteiger partial charge in [0.1, 0.15) is 6.29 Å². The van der Waals surface area contributed by atoms with Gasteiger partial charge in [0.2, 0.25) is 0 Å². The van der Waals surface area contributed by atoms with Crippen molar-refractivity contribution in [3.8, 4) is 11.5 Å². The van der Waals surface area contributed by atoms with Crippen LogP contribution in [0.4, 0.5) is 22.0 Å².